The molecule has 0 amide bonds. The van der Waals surface area contributed by atoms with Gasteiger partial charge in [-0.3, -0.25) is 5.10 Å². The van der Waals surface area contributed by atoms with Gasteiger partial charge in [0.05, 0.1) is 32.0 Å². The topological polar surface area (TPSA) is 54.7 Å². The van der Waals surface area contributed by atoms with Crippen molar-refractivity contribution in [2.24, 2.45) is 5.73 Å². The standard InChI is InChI=1S/C22H27N4/c1-26(2,13-5-12-23)15-16-8-10-17(11-9-16)21-20-14-18-6-3-4-7-19(18)22(20)25-24-21/h3-4,6-11H,5,12-15,23H2,1-2H3,(H,24,25)/q+1. The quantitative estimate of drug-likeness (QED) is 0.524. The molecule has 4 rings (SSSR count). The van der Waals surface area contributed by atoms with Gasteiger partial charge in [0.2, 0.25) is 0 Å². The van der Waals surface area contributed by atoms with Gasteiger partial charge >= 0.3 is 0 Å². The lowest BCUT2D eigenvalue weighted by atomic mass is 10.0. The number of aromatic nitrogens is 2. The highest BCUT2D eigenvalue weighted by Crippen LogP contribution is 2.39. The highest BCUT2D eigenvalue weighted by Gasteiger charge is 2.24. The van der Waals surface area contributed by atoms with E-state index >= 15 is 0 Å². The molecule has 0 unspecified atom stereocenters. The van der Waals surface area contributed by atoms with Crippen molar-refractivity contribution in [3.05, 3.63) is 65.2 Å². The molecule has 3 N–H and O–H groups in total. The molecular formula is C22H27N4+. The number of hydrogen-bond donors (Lipinski definition) is 2. The lowest BCUT2D eigenvalue weighted by Gasteiger charge is -2.29. The Morgan fingerprint density at radius 3 is 2.62 bits per heavy atom. The molecule has 26 heavy (non-hydrogen) atoms. The zero-order valence-corrected chi connectivity index (χ0v) is 15.6. The van der Waals surface area contributed by atoms with Crippen LogP contribution in [0.5, 0.6) is 0 Å². The van der Waals surface area contributed by atoms with Crippen molar-refractivity contribution in [3.63, 3.8) is 0 Å². The highest BCUT2D eigenvalue weighted by atomic mass is 15.3. The van der Waals surface area contributed by atoms with Gasteiger partial charge < -0.3 is 10.2 Å². The molecule has 0 aliphatic heterocycles. The second-order valence-electron chi connectivity index (χ2n) is 7.92. The number of nitrogens with two attached hydrogens (primary N) is 1. The Kier molecular flexibility index (Phi) is 4.39. The normalized spacial score (nSPS) is 12.9. The van der Waals surface area contributed by atoms with E-state index < -0.39 is 0 Å². The zero-order valence-electron chi connectivity index (χ0n) is 15.6. The van der Waals surface area contributed by atoms with E-state index in [1.807, 2.05) is 0 Å². The van der Waals surface area contributed by atoms with Gasteiger partial charge in [0.15, 0.2) is 0 Å². The Hall–Kier alpha value is -2.43. The molecule has 0 fully saturated rings. The Balaban J connectivity index is 1.55. The molecule has 2 aromatic carbocycles. The number of quaternary nitrogens is 1. The first-order chi connectivity index (χ1) is 12.6. The van der Waals surface area contributed by atoms with Crippen molar-refractivity contribution >= 4 is 0 Å². The first kappa shape index (κ1) is 17.0. The molecule has 1 aliphatic rings. The Labute approximate surface area is 155 Å². The molecule has 134 valence electrons. The third kappa shape index (κ3) is 3.18. The molecule has 4 heteroatoms. The van der Waals surface area contributed by atoms with E-state index in [1.54, 1.807) is 0 Å². The molecule has 3 aromatic rings. The van der Waals surface area contributed by atoms with Crippen molar-refractivity contribution < 1.29 is 4.48 Å². The summed E-state index contributed by atoms with van der Waals surface area (Å²) < 4.78 is 0.962. The van der Waals surface area contributed by atoms with Gasteiger partial charge in [-0.25, -0.2) is 0 Å². The third-order valence-electron chi connectivity index (χ3n) is 5.33. The fraction of sp³-hybridized carbons (Fsp3) is 0.318. The van der Waals surface area contributed by atoms with Crippen LogP contribution in [0.4, 0.5) is 0 Å². The summed E-state index contributed by atoms with van der Waals surface area (Å²) in [6.07, 6.45) is 2.02. The molecule has 1 heterocycles. The van der Waals surface area contributed by atoms with Gasteiger partial charge in [0.1, 0.15) is 6.54 Å². The van der Waals surface area contributed by atoms with Crippen molar-refractivity contribution in [2.45, 2.75) is 19.4 Å². The van der Waals surface area contributed by atoms with Gasteiger partial charge in [-0.1, -0.05) is 48.5 Å². The van der Waals surface area contributed by atoms with Gasteiger partial charge in [0, 0.05) is 35.1 Å². The van der Waals surface area contributed by atoms with E-state index in [0.717, 1.165) is 42.7 Å². The minimum absolute atomic E-state index is 0.757. The van der Waals surface area contributed by atoms with Crippen LogP contribution >= 0.6 is 0 Å². The molecule has 0 bridgehead atoms. The monoisotopic (exact) mass is 347 g/mol. The lowest BCUT2D eigenvalue weighted by molar-refractivity contribution is -0.903. The molecule has 4 nitrogen and oxygen atoms in total. The van der Waals surface area contributed by atoms with Crippen LogP contribution in [0.1, 0.15) is 23.1 Å². The zero-order chi connectivity index (χ0) is 18.1. The minimum atomic E-state index is 0.757. The van der Waals surface area contributed by atoms with Crippen molar-refractivity contribution in [1.29, 1.82) is 0 Å². The number of rotatable bonds is 6. The summed E-state index contributed by atoms with van der Waals surface area (Å²) in [6.45, 7) is 2.88. The van der Waals surface area contributed by atoms with Crippen LogP contribution in [0.25, 0.3) is 22.5 Å². The van der Waals surface area contributed by atoms with Crippen LogP contribution in [0.2, 0.25) is 0 Å². The predicted octanol–water partition coefficient (Wildman–Crippen LogP) is 3.57. The summed E-state index contributed by atoms with van der Waals surface area (Å²) in [7, 11) is 4.53. The van der Waals surface area contributed by atoms with E-state index in [4.69, 9.17) is 5.73 Å². The van der Waals surface area contributed by atoms with Crippen LogP contribution in [0.3, 0.4) is 0 Å². The average Bonchev–Trinajstić information content (AvgIpc) is 3.20. The van der Waals surface area contributed by atoms with Crippen LogP contribution in [0, 0.1) is 0 Å². The number of nitrogens with zero attached hydrogens (tertiary/aromatic N) is 2. The molecule has 1 aromatic heterocycles. The summed E-state index contributed by atoms with van der Waals surface area (Å²) in [5, 5.41) is 7.86. The van der Waals surface area contributed by atoms with Gasteiger partial charge in [-0.05, 0) is 12.1 Å². The smallest absolute Gasteiger partial charge is 0.104 e. The summed E-state index contributed by atoms with van der Waals surface area (Å²) in [6, 6.07) is 17.5. The van der Waals surface area contributed by atoms with Crippen molar-refractivity contribution in [2.75, 3.05) is 27.2 Å². The van der Waals surface area contributed by atoms with Crippen LogP contribution in [-0.2, 0) is 13.0 Å². The van der Waals surface area contributed by atoms with Crippen molar-refractivity contribution in [3.8, 4) is 22.5 Å². The van der Waals surface area contributed by atoms with E-state index in [-0.39, 0.29) is 0 Å². The van der Waals surface area contributed by atoms with E-state index in [9.17, 15) is 0 Å². The maximum atomic E-state index is 5.66. The molecule has 0 saturated carbocycles. The number of nitrogens with one attached hydrogen (secondary N) is 1. The minimum Gasteiger partial charge on any atom is -0.330 e. The summed E-state index contributed by atoms with van der Waals surface area (Å²) in [5.41, 5.74) is 14.5. The maximum Gasteiger partial charge on any atom is 0.104 e. The number of hydrogen-bond acceptors (Lipinski definition) is 2. The van der Waals surface area contributed by atoms with Gasteiger partial charge in [-0.15, -0.1) is 0 Å². The highest BCUT2D eigenvalue weighted by molar-refractivity contribution is 5.80. The second-order valence-corrected chi connectivity index (χ2v) is 7.92. The lowest BCUT2D eigenvalue weighted by Crippen LogP contribution is -2.40. The molecule has 0 spiro atoms. The largest absolute Gasteiger partial charge is 0.330 e. The van der Waals surface area contributed by atoms with E-state index in [2.05, 4.69) is 72.8 Å². The number of fused-ring (bicyclic) bond motifs is 3. The Bertz CT molecular complexity index is 906. The first-order valence-corrected chi connectivity index (χ1v) is 9.34. The number of aromatic amines is 1. The number of H-pyrrole nitrogens is 1. The molecule has 0 radical (unpaired) electrons. The summed E-state index contributed by atoms with van der Waals surface area (Å²) >= 11 is 0. The average molecular weight is 347 g/mol. The SMILES string of the molecule is C[N+](C)(CCCN)Cc1ccc(-c2n[nH]c3c2Cc2ccccc2-3)cc1. The summed E-state index contributed by atoms with van der Waals surface area (Å²) in [4.78, 5) is 0. The molecular weight excluding hydrogens is 320 g/mol. The molecule has 0 atom stereocenters. The predicted molar refractivity (Wildman–Crippen MR) is 107 cm³/mol. The summed E-state index contributed by atoms with van der Waals surface area (Å²) in [5.74, 6) is 0. The van der Waals surface area contributed by atoms with Gasteiger partial charge in [0.25, 0.3) is 0 Å². The van der Waals surface area contributed by atoms with Crippen LogP contribution in [0.15, 0.2) is 48.5 Å². The van der Waals surface area contributed by atoms with Gasteiger partial charge in [-0.2, -0.15) is 5.10 Å². The van der Waals surface area contributed by atoms with E-state index in [1.165, 1.54) is 33.5 Å². The van der Waals surface area contributed by atoms with Crippen LogP contribution < -0.4 is 5.73 Å². The maximum absolute atomic E-state index is 5.66. The van der Waals surface area contributed by atoms with Crippen molar-refractivity contribution in [1.82, 2.24) is 10.2 Å². The Morgan fingerprint density at radius 2 is 1.85 bits per heavy atom. The van der Waals surface area contributed by atoms with E-state index in [0.29, 0.717) is 0 Å². The first-order valence-electron chi connectivity index (χ1n) is 9.34. The number of benzene rings is 2. The fourth-order valence-corrected chi connectivity index (χ4v) is 3.97. The molecule has 0 saturated heterocycles. The second kappa shape index (κ2) is 6.71. The Morgan fingerprint density at radius 1 is 1.08 bits per heavy atom. The molecule has 1 aliphatic carbocycles. The fourth-order valence-electron chi connectivity index (χ4n) is 3.97. The van der Waals surface area contributed by atoms with Crippen LogP contribution in [-0.4, -0.2) is 41.9 Å². The third-order valence-corrected chi connectivity index (χ3v) is 5.33.